The molecule has 4 heteroatoms. The van der Waals surface area contributed by atoms with Crippen molar-refractivity contribution in [2.45, 2.75) is 52.1 Å². The molecule has 0 fully saturated rings. The Morgan fingerprint density at radius 1 is 1.12 bits per heavy atom. The van der Waals surface area contributed by atoms with E-state index in [4.69, 9.17) is 14.6 Å². The SMILES string of the molecule is CC(C)(C)OC(=O)COCCCCCCO. The summed E-state index contributed by atoms with van der Waals surface area (Å²) in [5.41, 5.74) is -0.443. The van der Waals surface area contributed by atoms with Crippen molar-refractivity contribution in [2.75, 3.05) is 19.8 Å². The summed E-state index contributed by atoms with van der Waals surface area (Å²) >= 11 is 0. The fraction of sp³-hybridized carbons (Fsp3) is 0.917. The van der Waals surface area contributed by atoms with Gasteiger partial charge < -0.3 is 14.6 Å². The molecule has 0 atom stereocenters. The summed E-state index contributed by atoms with van der Waals surface area (Å²) < 4.78 is 10.3. The summed E-state index contributed by atoms with van der Waals surface area (Å²) in [6, 6.07) is 0. The number of esters is 1. The minimum atomic E-state index is -0.443. The molecule has 0 aliphatic carbocycles. The highest BCUT2D eigenvalue weighted by Gasteiger charge is 2.15. The molecule has 0 aromatic rings. The van der Waals surface area contributed by atoms with E-state index in [9.17, 15) is 4.79 Å². The molecular weight excluding hydrogens is 208 g/mol. The molecule has 0 bridgehead atoms. The van der Waals surface area contributed by atoms with Gasteiger partial charge >= 0.3 is 5.97 Å². The Hall–Kier alpha value is -0.610. The van der Waals surface area contributed by atoms with Crippen LogP contribution in [0, 0.1) is 0 Å². The van der Waals surface area contributed by atoms with Crippen LogP contribution in [0.25, 0.3) is 0 Å². The molecule has 4 nitrogen and oxygen atoms in total. The van der Waals surface area contributed by atoms with Gasteiger partial charge in [-0.15, -0.1) is 0 Å². The van der Waals surface area contributed by atoms with Gasteiger partial charge in [-0.1, -0.05) is 12.8 Å². The van der Waals surface area contributed by atoms with Crippen LogP contribution in [-0.2, 0) is 14.3 Å². The molecule has 0 spiro atoms. The van der Waals surface area contributed by atoms with E-state index >= 15 is 0 Å². The van der Waals surface area contributed by atoms with Crippen molar-refractivity contribution in [1.29, 1.82) is 0 Å². The molecule has 0 rings (SSSR count). The summed E-state index contributed by atoms with van der Waals surface area (Å²) in [4.78, 5) is 11.2. The Morgan fingerprint density at radius 3 is 2.31 bits per heavy atom. The number of ether oxygens (including phenoxy) is 2. The van der Waals surface area contributed by atoms with Gasteiger partial charge in [-0.2, -0.15) is 0 Å². The molecule has 0 amide bonds. The lowest BCUT2D eigenvalue weighted by Gasteiger charge is -2.19. The van der Waals surface area contributed by atoms with Crippen molar-refractivity contribution >= 4 is 5.97 Å². The summed E-state index contributed by atoms with van der Waals surface area (Å²) in [7, 11) is 0. The van der Waals surface area contributed by atoms with E-state index in [1.165, 1.54) is 0 Å². The smallest absolute Gasteiger partial charge is 0.332 e. The fourth-order valence-corrected chi connectivity index (χ4v) is 1.20. The van der Waals surface area contributed by atoms with Crippen molar-refractivity contribution < 1.29 is 19.4 Å². The predicted octanol–water partition coefficient (Wildman–Crippen LogP) is 1.90. The van der Waals surface area contributed by atoms with Gasteiger partial charge in [-0.05, 0) is 33.6 Å². The monoisotopic (exact) mass is 232 g/mol. The van der Waals surface area contributed by atoms with E-state index in [-0.39, 0.29) is 19.2 Å². The number of aliphatic hydroxyl groups excluding tert-OH is 1. The summed E-state index contributed by atoms with van der Waals surface area (Å²) in [5.74, 6) is -0.317. The number of unbranched alkanes of at least 4 members (excludes halogenated alkanes) is 3. The maximum atomic E-state index is 11.2. The zero-order chi connectivity index (χ0) is 12.4. The number of aliphatic hydroxyl groups is 1. The minimum absolute atomic E-state index is 0.0251. The van der Waals surface area contributed by atoms with E-state index in [2.05, 4.69) is 0 Å². The van der Waals surface area contributed by atoms with Gasteiger partial charge in [0.1, 0.15) is 12.2 Å². The highest BCUT2D eigenvalue weighted by atomic mass is 16.6. The zero-order valence-corrected chi connectivity index (χ0v) is 10.6. The second-order valence-electron chi connectivity index (χ2n) is 4.78. The number of hydrogen-bond donors (Lipinski definition) is 1. The van der Waals surface area contributed by atoms with Gasteiger partial charge in [0.2, 0.25) is 0 Å². The third kappa shape index (κ3) is 11.5. The van der Waals surface area contributed by atoms with Gasteiger partial charge in [0.05, 0.1) is 0 Å². The first-order valence-corrected chi connectivity index (χ1v) is 5.86. The van der Waals surface area contributed by atoms with E-state index in [1.54, 1.807) is 0 Å². The van der Waals surface area contributed by atoms with Crippen LogP contribution in [-0.4, -0.2) is 36.5 Å². The second kappa shape index (κ2) is 8.53. The quantitative estimate of drug-likeness (QED) is 0.513. The molecule has 0 heterocycles. The highest BCUT2D eigenvalue weighted by Crippen LogP contribution is 2.07. The molecule has 0 aromatic carbocycles. The molecule has 0 saturated heterocycles. The molecule has 0 unspecified atom stereocenters. The average molecular weight is 232 g/mol. The zero-order valence-electron chi connectivity index (χ0n) is 10.6. The van der Waals surface area contributed by atoms with Gasteiger partial charge in [0, 0.05) is 13.2 Å². The molecule has 0 radical (unpaired) electrons. The summed E-state index contributed by atoms with van der Waals surface area (Å²) in [6.07, 6.45) is 3.79. The topological polar surface area (TPSA) is 55.8 Å². The van der Waals surface area contributed by atoms with E-state index in [0.29, 0.717) is 6.61 Å². The van der Waals surface area contributed by atoms with Crippen molar-refractivity contribution in [2.24, 2.45) is 0 Å². The van der Waals surface area contributed by atoms with Crippen LogP contribution in [0.1, 0.15) is 46.5 Å². The van der Waals surface area contributed by atoms with Crippen LogP contribution in [0.4, 0.5) is 0 Å². The molecule has 0 aliphatic rings. The number of carbonyl (C=O) groups is 1. The molecule has 0 aliphatic heterocycles. The first-order chi connectivity index (χ1) is 7.45. The average Bonchev–Trinajstić information content (AvgIpc) is 2.13. The Labute approximate surface area is 97.9 Å². The normalized spacial score (nSPS) is 11.5. The van der Waals surface area contributed by atoms with Crippen LogP contribution in [0.2, 0.25) is 0 Å². The number of carbonyl (C=O) groups excluding carboxylic acids is 1. The Kier molecular flexibility index (Phi) is 8.21. The molecule has 0 aromatic heterocycles. The van der Waals surface area contributed by atoms with Gasteiger partial charge in [0.15, 0.2) is 0 Å². The lowest BCUT2D eigenvalue weighted by molar-refractivity contribution is -0.160. The lowest BCUT2D eigenvalue weighted by Crippen LogP contribution is -2.26. The predicted molar refractivity (Wildman–Crippen MR) is 62.2 cm³/mol. The van der Waals surface area contributed by atoms with E-state index in [1.807, 2.05) is 20.8 Å². The highest BCUT2D eigenvalue weighted by molar-refractivity contribution is 5.71. The van der Waals surface area contributed by atoms with Crippen molar-refractivity contribution in [3.8, 4) is 0 Å². The van der Waals surface area contributed by atoms with E-state index < -0.39 is 5.60 Å². The largest absolute Gasteiger partial charge is 0.458 e. The van der Waals surface area contributed by atoms with Crippen LogP contribution in [0.5, 0.6) is 0 Å². The van der Waals surface area contributed by atoms with Crippen LogP contribution < -0.4 is 0 Å². The maximum absolute atomic E-state index is 11.2. The second-order valence-corrected chi connectivity index (χ2v) is 4.78. The Morgan fingerprint density at radius 2 is 1.75 bits per heavy atom. The molecule has 0 saturated carbocycles. The summed E-state index contributed by atoms with van der Waals surface area (Å²) in [5, 5.41) is 8.56. The van der Waals surface area contributed by atoms with Gasteiger partial charge in [0.25, 0.3) is 0 Å². The first kappa shape index (κ1) is 15.4. The summed E-state index contributed by atoms with van der Waals surface area (Å²) in [6.45, 7) is 6.35. The maximum Gasteiger partial charge on any atom is 0.332 e. The lowest BCUT2D eigenvalue weighted by atomic mass is 10.2. The van der Waals surface area contributed by atoms with Gasteiger partial charge in [-0.25, -0.2) is 4.79 Å². The first-order valence-electron chi connectivity index (χ1n) is 5.86. The minimum Gasteiger partial charge on any atom is -0.458 e. The van der Waals surface area contributed by atoms with Crippen molar-refractivity contribution in [3.05, 3.63) is 0 Å². The van der Waals surface area contributed by atoms with Crippen LogP contribution in [0.3, 0.4) is 0 Å². The van der Waals surface area contributed by atoms with Crippen LogP contribution >= 0.6 is 0 Å². The Balaban J connectivity index is 3.28. The third-order valence-electron chi connectivity index (χ3n) is 1.84. The molecule has 1 N–H and O–H groups in total. The number of hydrogen-bond acceptors (Lipinski definition) is 4. The van der Waals surface area contributed by atoms with Crippen molar-refractivity contribution in [3.63, 3.8) is 0 Å². The fourth-order valence-electron chi connectivity index (χ4n) is 1.20. The molecular formula is C12H24O4. The molecule has 96 valence electrons. The van der Waals surface area contributed by atoms with Gasteiger partial charge in [-0.3, -0.25) is 0 Å². The number of rotatable bonds is 8. The molecule has 16 heavy (non-hydrogen) atoms. The van der Waals surface area contributed by atoms with Crippen molar-refractivity contribution in [1.82, 2.24) is 0 Å². The Bertz CT molecular complexity index is 184. The van der Waals surface area contributed by atoms with Crippen LogP contribution in [0.15, 0.2) is 0 Å². The standard InChI is InChI=1S/C12H24O4/c1-12(2,3)16-11(14)10-15-9-7-5-4-6-8-13/h13H,4-10H2,1-3H3. The third-order valence-corrected chi connectivity index (χ3v) is 1.84. The van der Waals surface area contributed by atoms with E-state index in [0.717, 1.165) is 25.7 Å².